The van der Waals surface area contributed by atoms with Gasteiger partial charge in [-0.25, -0.2) is 4.79 Å². The Labute approximate surface area is 113 Å². The van der Waals surface area contributed by atoms with Crippen molar-refractivity contribution in [2.24, 2.45) is 0 Å². The molecule has 0 heterocycles. The molecular formula is C15H19NO3. The third-order valence-electron chi connectivity index (χ3n) is 3.36. The molecule has 0 aliphatic heterocycles. The zero-order chi connectivity index (χ0) is 13.8. The van der Waals surface area contributed by atoms with E-state index in [9.17, 15) is 9.59 Å². The molecule has 19 heavy (non-hydrogen) atoms. The first-order chi connectivity index (χ1) is 9.13. The lowest BCUT2D eigenvalue weighted by Crippen LogP contribution is -2.35. The zero-order valence-corrected chi connectivity index (χ0v) is 11.1. The summed E-state index contributed by atoms with van der Waals surface area (Å²) < 4.78 is 0. The first kappa shape index (κ1) is 13.6. The van der Waals surface area contributed by atoms with Crippen LogP contribution in [0, 0.1) is 0 Å². The van der Waals surface area contributed by atoms with Crippen molar-refractivity contribution in [3.63, 3.8) is 0 Å². The highest BCUT2D eigenvalue weighted by molar-refractivity contribution is 5.91. The number of carboxylic acids is 1. The summed E-state index contributed by atoms with van der Waals surface area (Å²) in [6, 6.07) is 7.10. The molecule has 1 fully saturated rings. The van der Waals surface area contributed by atoms with Crippen LogP contribution in [0.2, 0.25) is 0 Å². The highest BCUT2D eigenvalue weighted by atomic mass is 16.4. The molecular weight excluding hydrogens is 242 g/mol. The Hall–Kier alpha value is -1.84. The van der Waals surface area contributed by atoms with E-state index in [1.807, 2.05) is 11.8 Å². The molecule has 0 atom stereocenters. The van der Waals surface area contributed by atoms with E-state index in [2.05, 4.69) is 0 Å². The standard InChI is InChI=1S/C15H19NO3/c1-2-9-16(12-7-8-12)14(17)10-11-5-3-4-6-13(11)15(18)19/h3-6,12H,2,7-10H2,1H3,(H,18,19). The van der Waals surface area contributed by atoms with Gasteiger partial charge in [-0.2, -0.15) is 0 Å². The number of carboxylic acid groups (broad SMARTS) is 1. The molecule has 1 aromatic carbocycles. The molecule has 0 spiro atoms. The van der Waals surface area contributed by atoms with E-state index in [0.29, 0.717) is 11.6 Å². The molecule has 2 rings (SSSR count). The summed E-state index contributed by atoms with van der Waals surface area (Å²) in [5, 5.41) is 9.12. The van der Waals surface area contributed by atoms with Crippen LogP contribution in [-0.2, 0) is 11.2 Å². The van der Waals surface area contributed by atoms with Crippen molar-refractivity contribution in [3.8, 4) is 0 Å². The third kappa shape index (κ3) is 3.34. The third-order valence-corrected chi connectivity index (χ3v) is 3.36. The molecule has 1 aromatic rings. The number of benzene rings is 1. The number of amides is 1. The van der Waals surface area contributed by atoms with Crippen LogP contribution in [0.1, 0.15) is 42.1 Å². The van der Waals surface area contributed by atoms with Gasteiger partial charge in [0.15, 0.2) is 0 Å². The monoisotopic (exact) mass is 261 g/mol. The normalized spacial score (nSPS) is 14.2. The Morgan fingerprint density at radius 2 is 2.00 bits per heavy atom. The Bertz CT molecular complexity index is 480. The van der Waals surface area contributed by atoms with Crippen molar-refractivity contribution in [1.82, 2.24) is 4.90 Å². The minimum atomic E-state index is -0.975. The first-order valence-corrected chi connectivity index (χ1v) is 6.74. The molecule has 0 unspecified atom stereocenters. The summed E-state index contributed by atoms with van der Waals surface area (Å²) in [5.74, 6) is -0.935. The fourth-order valence-electron chi connectivity index (χ4n) is 2.29. The van der Waals surface area contributed by atoms with Crippen LogP contribution >= 0.6 is 0 Å². The van der Waals surface area contributed by atoms with Gasteiger partial charge in [0, 0.05) is 12.6 Å². The summed E-state index contributed by atoms with van der Waals surface area (Å²) in [6.45, 7) is 2.81. The first-order valence-electron chi connectivity index (χ1n) is 6.74. The summed E-state index contributed by atoms with van der Waals surface area (Å²) in [4.78, 5) is 25.3. The van der Waals surface area contributed by atoms with Crippen LogP contribution in [0.25, 0.3) is 0 Å². The van der Waals surface area contributed by atoms with Crippen LogP contribution in [0.4, 0.5) is 0 Å². The van der Waals surface area contributed by atoms with Gasteiger partial charge >= 0.3 is 5.97 Å². The molecule has 102 valence electrons. The second-order valence-electron chi connectivity index (χ2n) is 4.96. The van der Waals surface area contributed by atoms with Gasteiger partial charge < -0.3 is 10.0 Å². The minimum Gasteiger partial charge on any atom is -0.478 e. The lowest BCUT2D eigenvalue weighted by molar-refractivity contribution is -0.131. The zero-order valence-electron chi connectivity index (χ0n) is 11.1. The molecule has 1 N–H and O–H groups in total. The molecule has 1 saturated carbocycles. The number of carbonyl (C=O) groups is 2. The van der Waals surface area contributed by atoms with E-state index < -0.39 is 5.97 Å². The second-order valence-corrected chi connectivity index (χ2v) is 4.96. The molecule has 0 saturated heterocycles. The van der Waals surface area contributed by atoms with E-state index in [1.54, 1.807) is 24.3 Å². The molecule has 0 bridgehead atoms. The largest absolute Gasteiger partial charge is 0.478 e. The topological polar surface area (TPSA) is 57.6 Å². The van der Waals surface area contributed by atoms with Crippen molar-refractivity contribution in [3.05, 3.63) is 35.4 Å². The predicted molar refractivity (Wildman–Crippen MR) is 72.1 cm³/mol. The predicted octanol–water partition coefficient (Wildman–Crippen LogP) is 2.33. The average molecular weight is 261 g/mol. The van der Waals surface area contributed by atoms with Crippen molar-refractivity contribution < 1.29 is 14.7 Å². The van der Waals surface area contributed by atoms with Gasteiger partial charge in [0.05, 0.1) is 12.0 Å². The Morgan fingerprint density at radius 1 is 1.32 bits per heavy atom. The lowest BCUT2D eigenvalue weighted by Gasteiger charge is -2.22. The molecule has 4 heteroatoms. The van der Waals surface area contributed by atoms with Gasteiger partial charge in [-0.1, -0.05) is 25.1 Å². The van der Waals surface area contributed by atoms with Gasteiger partial charge in [-0.3, -0.25) is 4.79 Å². The Morgan fingerprint density at radius 3 is 2.58 bits per heavy atom. The van der Waals surface area contributed by atoms with Crippen LogP contribution in [0.5, 0.6) is 0 Å². The van der Waals surface area contributed by atoms with Gasteiger partial charge in [-0.05, 0) is 30.9 Å². The minimum absolute atomic E-state index is 0.0399. The van der Waals surface area contributed by atoms with E-state index in [1.165, 1.54) is 0 Å². The van der Waals surface area contributed by atoms with E-state index in [0.717, 1.165) is 25.8 Å². The Balaban J connectivity index is 2.11. The van der Waals surface area contributed by atoms with Crippen LogP contribution in [-0.4, -0.2) is 34.5 Å². The summed E-state index contributed by atoms with van der Waals surface area (Å²) in [7, 11) is 0. The van der Waals surface area contributed by atoms with E-state index in [-0.39, 0.29) is 17.9 Å². The molecule has 1 aliphatic rings. The van der Waals surface area contributed by atoms with Gasteiger partial charge in [0.1, 0.15) is 0 Å². The molecule has 1 aliphatic carbocycles. The fraction of sp³-hybridized carbons (Fsp3) is 0.467. The number of rotatable bonds is 6. The maximum atomic E-state index is 12.3. The summed E-state index contributed by atoms with van der Waals surface area (Å²) >= 11 is 0. The number of carbonyl (C=O) groups excluding carboxylic acids is 1. The SMILES string of the molecule is CCCN(C(=O)Cc1ccccc1C(=O)O)C1CC1. The quantitative estimate of drug-likeness (QED) is 0.855. The van der Waals surface area contributed by atoms with Gasteiger partial charge in [0.25, 0.3) is 0 Å². The maximum absolute atomic E-state index is 12.3. The van der Waals surface area contributed by atoms with Crippen molar-refractivity contribution in [2.45, 2.75) is 38.6 Å². The van der Waals surface area contributed by atoms with Crippen molar-refractivity contribution >= 4 is 11.9 Å². The van der Waals surface area contributed by atoms with Gasteiger partial charge in [0.2, 0.25) is 5.91 Å². The van der Waals surface area contributed by atoms with Gasteiger partial charge in [-0.15, -0.1) is 0 Å². The molecule has 4 nitrogen and oxygen atoms in total. The van der Waals surface area contributed by atoms with Crippen molar-refractivity contribution in [2.75, 3.05) is 6.54 Å². The lowest BCUT2D eigenvalue weighted by atomic mass is 10.0. The Kier molecular flexibility index (Phi) is 4.20. The molecule has 1 amide bonds. The maximum Gasteiger partial charge on any atom is 0.335 e. The molecule has 0 radical (unpaired) electrons. The fourth-order valence-corrected chi connectivity index (χ4v) is 2.29. The van der Waals surface area contributed by atoms with Crippen molar-refractivity contribution in [1.29, 1.82) is 0 Å². The van der Waals surface area contributed by atoms with Crippen LogP contribution in [0.3, 0.4) is 0 Å². The van der Waals surface area contributed by atoms with E-state index >= 15 is 0 Å². The smallest absolute Gasteiger partial charge is 0.335 e. The second kappa shape index (κ2) is 5.87. The highest BCUT2D eigenvalue weighted by Gasteiger charge is 2.32. The van der Waals surface area contributed by atoms with E-state index in [4.69, 9.17) is 5.11 Å². The number of nitrogens with zero attached hydrogens (tertiary/aromatic N) is 1. The summed E-state index contributed by atoms with van der Waals surface area (Å²) in [6.07, 6.45) is 3.26. The highest BCUT2D eigenvalue weighted by Crippen LogP contribution is 2.27. The van der Waals surface area contributed by atoms with Crippen LogP contribution in [0.15, 0.2) is 24.3 Å². The number of aromatic carboxylic acids is 1. The average Bonchev–Trinajstić information content (AvgIpc) is 3.20. The van der Waals surface area contributed by atoms with Crippen LogP contribution < -0.4 is 0 Å². The summed E-state index contributed by atoms with van der Waals surface area (Å²) in [5.41, 5.74) is 0.824. The molecule has 0 aromatic heterocycles. The number of hydrogen-bond acceptors (Lipinski definition) is 2. The number of hydrogen-bond donors (Lipinski definition) is 1.